The molecule has 0 fully saturated rings. The Morgan fingerprint density at radius 2 is 2.05 bits per heavy atom. The number of nitrogens with one attached hydrogen (secondary N) is 1. The molecule has 0 spiro atoms. The highest BCUT2D eigenvalue weighted by molar-refractivity contribution is 6.37. The normalized spacial score (nSPS) is 10.2. The van der Waals surface area contributed by atoms with Crippen molar-refractivity contribution in [2.45, 2.75) is 6.42 Å². The predicted molar refractivity (Wildman–Crippen MR) is 80.0 cm³/mol. The summed E-state index contributed by atoms with van der Waals surface area (Å²) >= 11 is 11.7. The summed E-state index contributed by atoms with van der Waals surface area (Å²) in [4.78, 5) is 27.1. The molecule has 1 heterocycles. The number of hydrogen-bond acceptors (Lipinski definition) is 3. The smallest absolute Gasteiger partial charge is 0.337 e. The van der Waals surface area contributed by atoms with Crippen LogP contribution in [0.25, 0.3) is 0 Å². The lowest BCUT2D eigenvalue weighted by Crippen LogP contribution is -2.17. The average molecular weight is 325 g/mol. The molecular weight excluding hydrogens is 315 g/mol. The Hall–Kier alpha value is -2.11. The van der Waals surface area contributed by atoms with Crippen molar-refractivity contribution in [1.29, 1.82) is 0 Å². The number of rotatable bonds is 4. The van der Waals surface area contributed by atoms with Crippen molar-refractivity contribution in [3.63, 3.8) is 0 Å². The molecule has 2 N–H and O–H groups in total. The van der Waals surface area contributed by atoms with Crippen LogP contribution in [0.2, 0.25) is 10.0 Å². The zero-order valence-electron chi connectivity index (χ0n) is 10.6. The summed E-state index contributed by atoms with van der Waals surface area (Å²) < 4.78 is 0. The summed E-state index contributed by atoms with van der Waals surface area (Å²) in [5, 5.41) is 11.9. The van der Waals surface area contributed by atoms with Crippen LogP contribution < -0.4 is 5.32 Å². The first-order chi connectivity index (χ1) is 9.97. The second-order valence-corrected chi connectivity index (χ2v) is 5.05. The molecule has 0 bridgehead atoms. The Morgan fingerprint density at radius 3 is 2.67 bits per heavy atom. The number of anilines is 1. The number of aromatic nitrogens is 1. The number of carbonyl (C=O) groups is 2. The Morgan fingerprint density at radius 1 is 1.29 bits per heavy atom. The minimum atomic E-state index is -1.23. The number of hydrogen-bond donors (Lipinski definition) is 2. The van der Waals surface area contributed by atoms with Crippen LogP contribution in [0.4, 0.5) is 5.69 Å². The van der Waals surface area contributed by atoms with E-state index in [2.05, 4.69) is 10.3 Å². The van der Waals surface area contributed by atoms with E-state index in [1.165, 1.54) is 12.1 Å². The fraction of sp³-hybridized carbons (Fsp3) is 0.0714. The maximum Gasteiger partial charge on any atom is 0.337 e. The van der Waals surface area contributed by atoms with Crippen molar-refractivity contribution < 1.29 is 14.7 Å². The quantitative estimate of drug-likeness (QED) is 0.904. The lowest BCUT2D eigenvalue weighted by molar-refractivity contribution is -0.115. The van der Waals surface area contributed by atoms with Crippen molar-refractivity contribution in [1.82, 2.24) is 4.98 Å². The number of pyridine rings is 1. The van der Waals surface area contributed by atoms with E-state index in [9.17, 15) is 9.59 Å². The molecule has 0 saturated heterocycles. The third kappa shape index (κ3) is 3.93. The predicted octanol–water partition coefficient (Wildman–Crippen LogP) is 3.27. The fourth-order valence-corrected chi connectivity index (χ4v) is 2.28. The molecule has 21 heavy (non-hydrogen) atoms. The van der Waals surface area contributed by atoms with Crippen LogP contribution in [-0.4, -0.2) is 22.0 Å². The summed E-state index contributed by atoms with van der Waals surface area (Å²) in [6.45, 7) is 0. The second-order valence-electron chi connectivity index (χ2n) is 4.20. The number of carboxylic acids is 1. The van der Waals surface area contributed by atoms with E-state index in [0.29, 0.717) is 5.56 Å². The highest BCUT2D eigenvalue weighted by Gasteiger charge is 2.17. The molecule has 0 atom stereocenters. The monoisotopic (exact) mass is 324 g/mol. The van der Waals surface area contributed by atoms with Gasteiger partial charge in [-0.15, -0.1) is 0 Å². The highest BCUT2D eigenvalue weighted by atomic mass is 35.5. The van der Waals surface area contributed by atoms with Crippen LogP contribution in [0.5, 0.6) is 0 Å². The van der Waals surface area contributed by atoms with Gasteiger partial charge in [-0.05, 0) is 23.8 Å². The average Bonchev–Trinajstić information content (AvgIpc) is 2.42. The standard InChI is InChI=1S/C14H10Cl2N2O3/c15-9-5-10(14(20)21)13(11(16)6-9)18-12(19)4-8-2-1-3-17-7-8/h1-3,5-7H,4H2,(H,18,19)(H,20,21). The van der Waals surface area contributed by atoms with E-state index in [1.807, 2.05) is 0 Å². The van der Waals surface area contributed by atoms with Gasteiger partial charge >= 0.3 is 5.97 Å². The summed E-state index contributed by atoms with van der Waals surface area (Å²) in [5.74, 6) is -1.62. The number of carbonyl (C=O) groups excluding carboxylic acids is 1. The molecule has 1 amide bonds. The molecule has 5 nitrogen and oxygen atoms in total. The van der Waals surface area contributed by atoms with Crippen molar-refractivity contribution in [3.05, 3.63) is 57.8 Å². The van der Waals surface area contributed by atoms with Gasteiger partial charge in [0, 0.05) is 17.4 Å². The SMILES string of the molecule is O=C(Cc1cccnc1)Nc1c(Cl)cc(Cl)cc1C(=O)O. The van der Waals surface area contributed by atoms with Crippen molar-refractivity contribution in [3.8, 4) is 0 Å². The molecule has 7 heteroatoms. The van der Waals surface area contributed by atoms with Crippen LogP contribution >= 0.6 is 23.2 Å². The van der Waals surface area contributed by atoms with Gasteiger partial charge in [0.05, 0.1) is 22.7 Å². The van der Waals surface area contributed by atoms with Gasteiger partial charge in [0.2, 0.25) is 5.91 Å². The topological polar surface area (TPSA) is 79.3 Å². The molecule has 0 aliphatic heterocycles. The molecular formula is C14H10Cl2N2O3. The van der Waals surface area contributed by atoms with Crippen molar-refractivity contribution >= 4 is 40.8 Å². The van der Waals surface area contributed by atoms with Crippen LogP contribution in [0, 0.1) is 0 Å². The van der Waals surface area contributed by atoms with E-state index in [-0.39, 0.29) is 27.7 Å². The van der Waals surface area contributed by atoms with Gasteiger partial charge in [-0.2, -0.15) is 0 Å². The third-order valence-corrected chi connectivity index (χ3v) is 3.15. The lowest BCUT2D eigenvalue weighted by atomic mass is 10.1. The summed E-state index contributed by atoms with van der Waals surface area (Å²) in [7, 11) is 0. The number of nitrogens with zero attached hydrogens (tertiary/aromatic N) is 1. The van der Waals surface area contributed by atoms with Gasteiger partial charge in [0.1, 0.15) is 0 Å². The lowest BCUT2D eigenvalue weighted by Gasteiger charge is -2.11. The van der Waals surface area contributed by atoms with Crippen molar-refractivity contribution in [2.75, 3.05) is 5.32 Å². The van der Waals surface area contributed by atoms with E-state index in [1.54, 1.807) is 24.5 Å². The molecule has 0 saturated carbocycles. The van der Waals surface area contributed by atoms with E-state index >= 15 is 0 Å². The van der Waals surface area contributed by atoms with Crippen LogP contribution in [0.3, 0.4) is 0 Å². The second kappa shape index (κ2) is 6.56. The first kappa shape index (κ1) is 15.3. The summed E-state index contributed by atoms with van der Waals surface area (Å²) in [5.41, 5.74) is 0.575. The molecule has 0 aliphatic carbocycles. The summed E-state index contributed by atoms with van der Waals surface area (Å²) in [6, 6.07) is 6.05. The van der Waals surface area contributed by atoms with Gasteiger partial charge in [-0.25, -0.2) is 4.79 Å². The Balaban J connectivity index is 2.23. The minimum Gasteiger partial charge on any atom is -0.478 e. The molecule has 0 aliphatic rings. The van der Waals surface area contributed by atoms with Gasteiger partial charge in [-0.3, -0.25) is 9.78 Å². The molecule has 1 aromatic heterocycles. The van der Waals surface area contributed by atoms with E-state index < -0.39 is 11.9 Å². The number of amides is 1. The van der Waals surface area contributed by atoms with Crippen LogP contribution in [0.1, 0.15) is 15.9 Å². The Labute approximate surface area is 130 Å². The fourth-order valence-electron chi connectivity index (χ4n) is 1.74. The Bertz CT molecular complexity index is 690. The molecule has 1 aromatic carbocycles. The maximum atomic E-state index is 12.0. The first-order valence-electron chi connectivity index (χ1n) is 5.88. The highest BCUT2D eigenvalue weighted by Crippen LogP contribution is 2.30. The van der Waals surface area contributed by atoms with Gasteiger partial charge in [0.15, 0.2) is 0 Å². The van der Waals surface area contributed by atoms with Gasteiger partial charge in [-0.1, -0.05) is 29.3 Å². The maximum absolute atomic E-state index is 12.0. The number of aromatic carboxylic acids is 1. The first-order valence-corrected chi connectivity index (χ1v) is 6.64. The zero-order chi connectivity index (χ0) is 15.4. The third-order valence-electron chi connectivity index (χ3n) is 2.64. The molecule has 2 aromatic rings. The Kier molecular flexibility index (Phi) is 4.77. The van der Waals surface area contributed by atoms with E-state index in [4.69, 9.17) is 28.3 Å². The number of benzene rings is 1. The number of carboxylic acid groups (broad SMARTS) is 1. The number of halogens is 2. The minimum absolute atomic E-state index is 0.0301. The molecule has 108 valence electrons. The van der Waals surface area contributed by atoms with Crippen molar-refractivity contribution in [2.24, 2.45) is 0 Å². The van der Waals surface area contributed by atoms with Crippen LogP contribution in [-0.2, 0) is 11.2 Å². The summed E-state index contributed by atoms with van der Waals surface area (Å²) in [6.07, 6.45) is 3.22. The molecule has 0 radical (unpaired) electrons. The van der Waals surface area contributed by atoms with E-state index in [0.717, 1.165) is 0 Å². The largest absolute Gasteiger partial charge is 0.478 e. The van der Waals surface area contributed by atoms with Gasteiger partial charge < -0.3 is 10.4 Å². The van der Waals surface area contributed by atoms with Gasteiger partial charge in [0.25, 0.3) is 0 Å². The zero-order valence-corrected chi connectivity index (χ0v) is 12.1. The van der Waals surface area contributed by atoms with Crippen LogP contribution in [0.15, 0.2) is 36.7 Å². The molecule has 0 unspecified atom stereocenters. The molecule has 2 rings (SSSR count).